The van der Waals surface area contributed by atoms with Gasteiger partial charge in [-0.2, -0.15) is 0 Å². The first-order valence-corrected chi connectivity index (χ1v) is 6.06. The largest absolute Gasteiger partial charge is 0.486 e. The zero-order valence-electron chi connectivity index (χ0n) is 11.0. The van der Waals surface area contributed by atoms with Gasteiger partial charge in [-0.05, 0) is 42.7 Å². The zero-order chi connectivity index (χ0) is 13.8. The van der Waals surface area contributed by atoms with Gasteiger partial charge in [-0.25, -0.2) is 4.79 Å². The summed E-state index contributed by atoms with van der Waals surface area (Å²) in [4.78, 5) is 10.4. The molecule has 19 heavy (non-hydrogen) atoms. The van der Waals surface area contributed by atoms with Gasteiger partial charge in [-0.3, -0.25) is 0 Å². The third kappa shape index (κ3) is 3.16. The molecule has 1 aliphatic heterocycles. The molecule has 4 heteroatoms. The second-order valence-corrected chi connectivity index (χ2v) is 4.36. The van der Waals surface area contributed by atoms with Gasteiger partial charge in [-0.1, -0.05) is 12.2 Å². The van der Waals surface area contributed by atoms with Crippen LogP contribution in [0.1, 0.15) is 18.1 Å². The van der Waals surface area contributed by atoms with E-state index >= 15 is 0 Å². The second kappa shape index (κ2) is 5.61. The van der Waals surface area contributed by atoms with Gasteiger partial charge in [0.2, 0.25) is 0 Å². The second-order valence-electron chi connectivity index (χ2n) is 4.36. The Hall–Kier alpha value is -2.23. The fourth-order valence-corrected chi connectivity index (χ4v) is 1.98. The number of aliphatic carboxylic acids is 1. The third-order valence-corrected chi connectivity index (χ3v) is 2.90. The van der Waals surface area contributed by atoms with E-state index in [0.29, 0.717) is 13.2 Å². The molecule has 0 saturated carbocycles. The van der Waals surface area contributed by atoms with Gasteiger partial charge in [-0.15, -0.1) is 0 Å². The molecule has 2 rings (SSSR count). The highest BCUT2D eigenvalue weighted by Crippen LogP contribution is 2.35. The number of carbonyl (C=O) groups is 1. The average molecular weight is 260 g/mol. The number of hydrogen-bond donors (Lipinski definition) is 1. The van der Waals surface area contributed by atoms with E-state index in [1.54, 1.807) is 6.08 Å². The van der Waals surface area contributed by atoms with Crippen LogP contribution in [-0.2, 0) is 4.79 Å². The number of aryl methyl sites for hydroxylation is 1. The van der Waals surface area contributed by atoms with Crippen LogP contribution in [0.5, 0.6) is 11.5 Å². The molecule has 0 aliphatic carbocycles. The summed E-state index contributed by atoms with van der Waals surface area (Å²) in [5.74, 6) is 0.547. The number of allylic oxidation sites excluding steroid dienone is 3. The van der Waals surface area contributed by atoms with Crippen LogP contribution in [0.3, 0.4) is 0 Å². The lowest BCUT2D eigenvalue weighted by Crippen LogP contribution is -2.15. The van der Waals surface area contributed by atoms with Crippen molar-refractivity contribution in [1.82, 2.24) is 0 Å². The molecule has 4 nitrogen and oxygen atoms in total. The first-order chi connectivity index (χ1) is 9.08. The monoisotopic (exact) mass is 260 g/mol. The summed E-state index contributed by atoms with van der Waals surface area (Å²) in [5, 5.41) is 8.56. The Balaban J connectivity index is 2.31. The van der Waals surface area contributed by atoms with Crippen LogP contribution in [0, 0.1) is 6.92 Å². The summed E-state index contributed by atoms with van der Waals surface area (Å²) in [6.45, 7) is 5.05. The number of ether oxygens (including phenoxy) is 2. The molecule has 0 aromatic heterocycles. The highest BCUT2D eigenvalue weighted by atomic mass is 16.6. The predicted molar refractivity (Wildman–Crippen MR) is 72.6 cm³/mol. The summed E-state index contributed by atoms with van der Waals surface area (Å²) < 4.78 is 11.1. The third-order valence-electron chi connectivity index (χ3n) is 2.90. The van der Waals surface area contributed by atoms with Crippen molar-refractivity contribution in [3.63, 3.8) is 0 Å². The Morgan fingerprint density at radius 1 is 1.26 bits per heavy atom. The van der Waals surface area contributed by atoms with Gasteiger partial charge >= 0.3 is 5.97 Å². The van der Waals surface area contributed by atoms with Gasteiger partial charge in [0.1, 0.15) is 13.2 Å². The summed E-state index contributed by atoms with van der Waals surface area (Å²) in [6.07, 6.45) is 4.40. The van der Waals surface area contributed by atoms with Crippen molar-refractivity contribution >= 4 is 11.5 Å². The number of fused-ring (bicyclic) bond motifs is 1. The minimum Gasteiger partial charge on any atom is -0.486 e. The van der Waals surface area contributed by atoms with E-state index in [2.05, 4.69) is 0 Å². The molecule has 0 unspecified atom stereocenters. The quantitative estimate of drug-likeness (QED) is 0.670. The van der Waals surface area contributed by atoms with Gasteiger partial charge in [0.05, 0.1) is 0 Å². The fraction of sp³-hybridized carbons (Fsp3) is 0.267. The summed E-state index contributed by atoms with van der Waals surface area (Å²) in [7, 11) is 0. The van der Waals surface area contributed by atoms with Crippen LogP contribution in [0.15, 0.2) is 30.4 Å². The van der Waals surface area contributed by atoms with Crippen molar-refractivity contribution in [3.05, 3.63) is 41.5 Å². The molecule has 0 spiro atoms. The molecular formula is C15H16O4. The summed E-state index contributed by atoms with van der Waals surface area (Å²) >= 11 is 0. The van der Waals surface area contributed by atoms with E-state index in [1.807, 2.05) is 26.0 Å². The first kappa shape index (κ1) is 13.2. The van der Waals surface area contributed by atoms with Crippen LogP contribution >= 0.6 is 0 Å². The number of benzene rings is 1. The summed E-state index contributed by atoms with van der Waals surface area (Å²) in [6, 6.07) is 3.88. The summed E-state index contributed by atoms with van der Waals surface area (Å²) in [5.41, 5.74) is 3.08. The Morgan fingerprint density at radius 2 is 1.89 bits per heavy atom. The maximum Gasteiger partial charge on any atom is 0.328 e. The minimum absolute atomic E-state index is 0.553. The Bertz CT molecular complexity index is 556. The lowest BCUT2D eigenvalue weighted by atomic mass is 10.0. The Labute approximate surface area is 112 Å². The lowest BCUT2D eigenvalue weighted by molar-refractivity contribution is -0.131. The van der Waals surface area contributed by atoms with Gasteiger partial charge < -0.3 is 14.6 Å². The molecule has 1 N–H and O–H groups in total. The SMILES string of the molecule is C/C(=C\C=C\C(=O)O)c1cc2c(cc1C)OCCO2. The molecule has 0 amide bonds. The van der Waals surface area contributed by atoms with E-state index in [0.717, 1.165) is 34.3 Å². The molecule has 0 atom stereocenters. The maximum atomic E-state index is 10.4. The predicted octanol–water partition coefficient (Wildman–Crippen LogP) is 2.81. The number of hydrogen-bond acceptors (Lipinski definition) is 3. The van der Waals surface area contributed by atoms with E-state index in [-0.39, 0.29) is 0 Å². The van der Waals surface area contributed by atoms with Crippen molar-refractivity contribution in [2.24, 2.45) is 0 Å². The van der Waals surface area contributed by atoms with E-state index in [1.165, 1.54) is 6.08 Å². The molecular weight excluding hydrogens is 244 g/mol. The van der Waals surface area contributed by atoms with Gasteiger partial charge in [0, 0.05) is 6.08 Å². The standard InChI is InChI=1S/C15H16O4/c1-10(4-3-5-15(16)17)12-9-14-13(8-11(12)2)18-6-7-19-14/h3-5,8-9H,6-7H2,1-2H3,(H,16,17)/b5-3+,10-4+. The molecule has 0 bridgehead atoms. The van der Waals surface area contributed by atoms with Crippen LogP contribution in [-0.4, -0.2) is 24.3 Å². The lowest BCUT2D eigenvalue weighted by Gasteiger charge is -2.20. The van der Waals surface area contributed by atoms with Crippen LogP contribution in [0.25, 0.3) is 5.57 Å². The molecule has 0 fully saturated rings. The topological polar surface area (TPSA) is 55.8 Å². The normalized spacial score (nSPS) is 14.7. The molecule has 1 aliphatic rings. The number of rotatable bonds is 3. The Kier molecular flexibility index (Phi) is 3.90. The highest BCUT2D eigenvalue weighted by molar-refractivity contribution is 5.81. The maximum absolute atomic E-state index is 10.4. The van der Waals surface area contributed by atoms with E-state index in [4.69, 9.17) is 14.6 Å². The molecule has 1 aromatic rings. The van der Waals surface area contributed by atoms with Gasteiger partial charge in [0.15, 0.2) is 11.5 Å². The molecule has 1 aromatic carbocycles. The van der Waals surface area contributed by atoms with Crippen molar-refractivity contribution in [1.29, 1.82) is 0 Å². The van der Waals surface area contributed by atoms with Crippen molar-refractivity contribution in [2.45, 2.75) is 13.8 Å². The van der Waals surface area contributed by atoms with E-state index in [9.17, 15) is 4.79 Å². The number of carboxylic acids is 1. The zero-order valence-corrected chi connectivity index (χ0v) is 11.0. The highest BCUT2D eigenvalue weighted by Gasteiger charge is 2.14. The first-order valence-electron chi connectivity index (χ1n) is 6.06. The molecule has 0 radical (unpaired) electrons. The molecule has 100 valence electrons. The Morgan fingerprint density at radius 3 is 2.53 bits per heavy atom. The van der Waals surface area contributed by atoms with Gasteiger partial charge in [0.25, 0.3) is 0 Å². The smallest absolute Gasteiger partial charge is 0.328 e. The van der Waals surface area contributed by atoms with Crippen molar-refractivity contribution in [2.75, 3.05) is 13.2 Å². The molecule has 0 saturated heterocycles. The van der Waals surface area contributed by atoms with Crippen LogP contribution in [0.2, 0.25) is 0 Å². The fourth-order valence-electron chi connectivity index (χ4n) is 1.98. The molecule has 1 heterocycles. The van der Waals surface area contributed by atoms with Crippen molar-refractivity contribution < 1.29 is 19.4 Å². The van der Waals surface area contributed by atoms with E-state index < -0.39 is 5.97 Å². The number of carboxylic acid groups (broad SMARTS) is 1. The van der Waals surface area contributed by atoms with Crippen LogP contribution in [0.4, 0.5) is 0 Å². The van der Waals surface area contributed by atoms with Crippen LogP contribution < -0.4 is 9.47 Å². The minimum atomic E-state index is -0.956. The average Bonchev–Trinajstić information content (AvgIpc) is 2.37. The van der Waals surface area contributed by atoms with Crippen molar-refractivity contribution in [3.8, 4) is 11.5 Å².